The molecule has 0 aliphatic rings. The Bertz CT molecular complexity index is 619. The second-order valence-electron chi connectivity index (χ2n) is 3.81. The highest BCUT2D eigenvalue weighted by atomic mass is 16.5. The Labute approximate surface area is 115 Å². The number of hydrogen-bond donors (Lipinski definition) is 0. The van der Waals surface area contributed by atoms with Crippen molar-refractivity contribution in [3.05, 3.63) is 41.7 Å². The van der Waals surface area contributed by atoms with Crippen LogP contribution < -0.4 is 0 Å². The maximum atomic E-state index is 11.5. The molecule has 0 spiro atoms. The Morgan fingerprint density at radius 2 is 1.90 bits per heavy atom. The van der Waals surface area contributed by atoms with E-state index in [1.54, 1.807) is 31.2 Å². The largest absolute Gasteiger partial charge is 0.464 e. The van der Waals surface area contributed by atoms with Crippen LogP contribution in [-0.2, 0) is 9.47 Å². The van der Waals surface area contributed by atoms with Crippen molar-refractivity contribution in [1.29, 1.82) is 0 Å². The monoisotopic (exact) mass is 275 g/mol. The van der Waals surface area contributed by atoms with E-state index < -0.39 is 5.97 Å². The highest BCUT2D eigenvalue weighted by molar-refractivity contribution is 5.89. The Hall–Kier alpha value is -2.70. The molecular weight excluding hydrogens is 262 g/mol. The van der Waals surface area contributed by atoms with Crippen molar-refractivity contribution < 1.29 is 19.1 Å². The first-order valence-electron chi connectivity index (χ1n) is 5.94. The van der Waals surface area contributed by atoms with Crippen LogP contribution in [0.25, 0.3) is 5.69 Å². The standard InChI is InChI=1S/C13H13N3O4/c1-3-20-12(17)9-4-6-10(7-5-9)16-8-11(14-15-16)13(18)19-2/h4-8H,3H2,1-2H3. The minimum Gasteiger partial charge on any atom is -0.464 e. The summed E-state index contributed by atoms with van der Waals surface area (Å²) in [7, 11) is 1.27. The van der Waals surface area contributed by atoms with Gasteiger partial charge < -0.3 is 9.47 Å². The first kappa shape index (κ1) is 13.7. The van der Waals surface area contributed by atoms with E-state index in [9.17, 15) is 9.59 Å². The zero-order valence-electron chi connectivity index (χ0n) is 11.1. The van der Waals surface area contributed by atoms with Crippen LogP contribution in [0.1, 0.15) is 27.8 Å². The lowest BCUT2D eigenvalue weighted by molar-refractivity contribution is 0.0525. The maximum absolute atomic E-state index is 11.5. The van der Waals surface area contributed by atoms with Crippen LogP contribution in [0.4, 0.5) is 0 Å². The van der Waals surface area contributed by atoms with Crippen molar-refractivity contribution in [3.63, 3.8) is 0 Å². The predicted octanol–water partition coefficient (Wildman–Crippen LogP) is 1.23. The maximum Gasteiger partial charge on any atom is 0.360 e. The Balaban J connectivity index is 2.19. The molecule has 0 N–H and O–H groups in total. The third-order valence-corrected chi connectivity index (χ3v) is 2.53. The summed E-state index contributed by atoms with van der Waals surface area (Å²) in [5.74, 6) is -0.938. The number of nitrogens with zero attached hydrogens (tertiary/aromatic N) is 3. The summed E-state index contributed by atoms with van der Waals surface area (Å²) in [6.45, 7) is 2.07. The normalized spacial score (nSPS) is 10.1. The molecule has 2 rings (SSSR count). The molecule has 0 unspecified atom stereocenters. The second-order valence-corrected chi connectivity index (χ2v) is 3.81. The first-order valence-corrected chi connectivity index (χ1v) is 5.94. The smallest absolute Gasteiger partial charge is 0.360 e. The number of rotatable bonds is 4. The molecule has 0 amide bonds. The third kappa shape index (κ3) is 2.82. The summed E-state index contributed by atoms with van der Waals surface area (Å²) in [4.78, 5) is 22.8. The van der Waals surface area contributed by atoms with E-state index in [2.05, 4.69) is 15.0 Å². The van der Waals surface area contributed by atoms with Crippen molar-refractivity contribution in [1.82, 2.24) is 15.0 Å². The van der Waals surface area contributed by atoms with Gasteiger partial charge in [-0.2, -0.15) is 0 Å². The fourth-order valence-corrected chi connectivity index (χ4v) is 1.55. The molecule has 104 valence electrons. The van der Waals surface area contributed by atoms with E-state index in [0.29, 0.717) is 17.9 Å². The summed E-state index contributed by atoms with van der Waals surface area (Å²) in [6.07, 6.45) is 1.45. The Morgan fingerprint density at radius 3 is 2.50 bits per heavy atom. The van der Waals surface area contributed by atoms with Gasteiger partial charge in [0.25, 0.3) is 0 Å². The van der Waals surface area contributed by atoms with E-state index in [0.717, 1.165) is 0 Å². The summed E-state index contributed by atoms with van der Waals surface area (Å²) in [6, 6.07) is 6.60. The van der Waals surface area contributed by atoms with Gasteiger partial charge in [0.15, 0.2) is 5.69 Å². The van der Waals surface area contributed by atoms with Crippen LogP contribution in [0, 0.1) is 0 Å². The van der Waals surface area contributed by atoms with Crippen molar-refractivity contribution in [2.45, 2.75) is 6.92 Å². The molecule has 0 atom stereocenters. The molecular formula is C13H13N3O4. The number of methoxy groups -OCH3 is 1. The van der Waals surface area contributed by atoms with Gasteiger partial charge in [-0.05, 0) is 31.2 Å². The van der Waals surface area contributed by atoms with Gasteiger partial charge in [0.1, 0.15) is 0 Å². The molecule has 1 heterocycles. The average Bonchev–Trinajstić information content (AvgIpc) is 2.96. The van der Waals surface area contributed by atoms with Crippen LogP contribution in [0.5, 0.6) is 0 Å². The molecule has 1 aromatic heterocycles. The minimum absolute atomic E-state index is 0.113. The van der Waals surface area contributed by atoms with Crippen LogP contribution in [-0.4, -0.2) is 40.6 Å². The molecule has 20 heavy (non-hydrogen) atoms. The summed E-state index contributed by atoms with van der Waals surface area (Å²) >= 11 is 0. The lowest BCUT2D eigenvalue weighted by Gasteiger charge is -2.03. The van der Waals surface area contributed by atoms with Gasteiger partial charge in [0.05, 0.1) is 31.2 Å². The first-order chi connectivity index (χ1) is 9.65. The minimum atomic E-state index is -0.556. The molecule has 7 nitrogen and oxygen atoms in total. The number of benzene rings is 1. The average molecular weight is 275 g/mol. The lowest BCUT2D eigenvalue weighted by Crippen LogP contribution is -2.05. The SMILES string of the molecule is CCOC(=O)c1ccc(-n2cc(C(=O)OC)nn2)cc1. The van der Waals surface area contributed by atoms with Crippen LogP contribution in [0.2, 0.25) is 0 Å². The molecule has 0 aliphatic heterocycles. The zero-order chi connectivity index (χ0) is 14.5. The number of carbonyl (C=O) groups excluding carboxylic acids is 2. The van der Waals surface area contributed by atoms with Gasteiger partial charge in [0, 0.05) is 0 Å². The molecule has 7 heteroatoms. The van der Waals surface area contributed by atoms with Gasteiger partial charge in [-0.3, -0.25) is 0 Å². The van der Waals surface area contributed by atoms with E-state index in [4.69, 9.17) is 4.74 Å². The van der Waals surface area contributed by atoms with Gasteiger partial charge in [-0.1, -0.05) is 5.21 Å². The highest BCUT2D eigenvalue weighted by Crippen LogP contribution is 2.10. The number of aromatic nitrogens is 3. The van der Waals surface area contributed by atoms with Crippen LogP contribution >= 0.6 is 0 Å². The van der Waals surface area contributed by atoms with Crippen molar-refractivity contribution in [3.8, 4) is 5.69 Å². The topological polar surface area (TPSA) is 83.3 Å². The summed E-state index contributed by atoms with van der Waals surface area (Å²) in [5.41, 5.74) is 1.23. The molecule has 0 bridgehead atoms. The highest BCUT2D eigenvalue weighted by Gasteiger charge is 2.12. The lowest BCUT2D eigenvalue weighted by atomic mass is 10.2. The summed E-state index contributed by atoms with van der Waals surface area (Å²) in [5, 5.41) is 7.51. The number of hydrogen-bond acceptors (Lipinski definition) is 6. The summed E-state index contributed by atoms with van der Waals surface area (Å²) < 4.78 is 10.9. The van der Waals surface area contributed by atoms with E-state index >= 15 is 0 Å². The third-order valence-electron chi connectivity index (χ3n) is 2.53. The van der Waals surface area contributed by atoms with Crippen LogP contribution in [0.15, 0.2) is 30.5 Å². The molecule has 0 fully saturated rings. The molecule has 0 aliphatic carbocycles. The predicted molar refractivity (Wildman–Crippen MR) is 68.7 cm³/mol. The van der Waals surface area contributed by atoms with Crippen LogP contribution in [0.3, 0.4) is 0 Å². The zero-order valence-corrected chi connectivity index (χ0v) is 11.1. The van der Waals surface area contributed by atoms with Crippen molar-refractivity contribution in [2.75, 3.05) is 13.7 Å². The number of esters is 2. The van der Waals surface area contributed by atoms with Gasteiger partial charge in [0.2, 0.25) is 0 Å². The second kappa shape index (κ2) is 5.96. The van der Waals surface area contributed by atoms with Gasteiger partial charge in [-0.15, -0.1) is 5.10 Å². The van der Waals surface area contributed by atoms with Gasteiger partial charge in [-0.25, -0.2) is 14.3 Å². The van der Waals surface area contributed by atoms with Crippen molar-refractivity contribution in [2.24, 2.45) is 0 Å². The molecule has 2 aromatic rings. The Morgan fingerprint density at radius 1 is 1.20 bits per heavy atom. The molecule has 0 saturated carbocycles. The molecule has 0 radical (unpaired) electrons. The fraction of sp³-hybridized carbons (Fsp3) is 0.231. The van der Waals surface area contributed by atoms with E-state index in [-0.39, 0.29) is 11.7 Å². The number of carbonyl (C=O) groups is 2. The van der Waals surface area contributed by atoms with Gasteiger partial charge >= 0.3 is 11.9 Å². The Kier molecular flexibility index (Phi) is 4.09. The molecule has 1 aromatic carbocycles. The molecule has 0 saturated heterocycles. The van der Waals surface area contributed by atoms with E-state index in [1.165, 1.54) is 18.0 Å². The van der Waals surface area contributed by atoms with E-state index in [1.807, 2.05) is 0 Å². The number of ether oxygens (including phenoxy) is 2. The fourth-order valence-electron chi connectivity index (χ4n) is 1.55. The van der Waals surface area contributed by atoms with Crippen molar-refractivity contribution >= 4 is 11.9 Å². The quantitative estimate of drug-likeness (QED) is 0.780.